The molecule has 1 aromatic carbocycles. The van der Waals surface area contributed by atoms with Crippen LogP contribution >= 0.6 is 15.9 Å². The lowest BCUT2D eigenvalue weighted by molar-refractivity contribution is 0.259. The molecule has 1 aliphatic carbocycles. The van der Waals surface area contributed by atoms with E-state index in [0.29, 0.717) is 18.5 Å². The molecule has 4 heteroatoms. The average molecular weight is 327 g/mol. The van der Waals surface area contributed by atoms with E-state index in [-0.39, 0.29) is 5.82 Å². The predicted molar refractivity (Wildman–Crippen MR) is 78.2 cm³/mol. The van der Waals surface area contributed by atoms with E-state index in [1.165, 1.54) is 18.9 Å². The topological polar surface area (TPSA) is 29.3 Å². The lowest BCUT2D eigenvalue weighted by atomic mass is 9.78. The maximum atomic E-state index is 13.8. The number of hydrogen-bond acceptors (Lipinski definition) is 2. The van der Waals surface area contributed by atoms with Gasteiger partial charge in [0.1, 0.15) is 5.82 Å². The molecule has 2 aliphatic rings. The molecule has 2 N–H and O–H groups in total. The molecular weight excluding hydrogens is 307 g/mol. The third kappa shape index (κ3) is 2.86. The van der Waals surface area contributed by atoms with E-state index in [1.807, 2.05) is 6.07 Å². The highest BCUT2D eigenvalue weighted by Crippen LogP contribution is 2.36. The van der Waals surface area contributed by atoms with Crippen molar-refractivity contribution in [3.63, 3.8) is 0 Å². The number of fused-ring (bicyclic) bond motifs is 1. The van der Waals surface area contributed by atoms with Gasteiger partial charge in [0, 0.05) is 35.7 Å². The molecule has 0 spiro atoms. The summed E-state index contributed by atoms with van der Waals surface area (Å²) in [6.45, 7) is 2.80. The second-order valence-electron chi connectivity index (χ2n) is 5.95. The van der Waals surface area contributed by atoms with E-state index in [0.717, 1.165) is 35.5 Å². The normalized spacial score (nSPS) is 31.4. The van der Waals surface area contributed by atoms with Crippen LogP contribution in [0.4, 0.5) is 4.39 Å². The van der Waals surface area contributed by atoms with Crippen LogP contribution in [0.25, 0.3) is 0 Å². The molecule has 0 amide bonds. The summed E-state index contributed by atoms with van der Waals surface area (Å²) in [4.78, 5) is 2.37. The van der Waals surface area contributed by atoms with E-state index < -0.39 is 0 Å². The molecule has 0 aromatic heterocycles. The maximum Gasteiger partial charge on any atom is 0.127 e. The fourth-order valence-corrected chi connectivity index (χ4v) is 4.05. The van der Waals surface area contributed by atoms with Gasteiger partial charge in [0.05, 0.1) is 0 Å². The fraction of sp³-hybridized carbons (Fsp3) is 0.600. The summed E-state index contributed by atoms with van der Waals surface area (Å²) in [5, 5.41) is 0. The van der Waals surface area contributed by atoms with Gasteiger partial charge in [0.25, 0.3) is 0 Å². The molecule has 3 unspecified atom stereocenters. The Morgan fingerprint density at radius 2 is 2.16 bits per heavy atom. The van der Waals surface area contributed by atoms with Gasteiger partial charge in [0.2, 0.25) is 0 Å². The smallest absolute Gasteiger partial charge is 0.127 e. The Morgan fingerprint density at radius 1 is 1.32 bits per heavy atom. The number of rotatable bonds is 2. The molecule has 1 saturated carbocycles. The van der Waals surface area contributed by atoms with Crippen molar-refractivity contribution in [2.45, 2.75) is 31.8 Å². The number of likely N-dealkylation sites (tertiary alicyclic amines) is 1. The Morgan fingerprint density at radius 3 is 2.95 bits per heavy atom. The molecule has 0 radical (unpaired) electrons. The van der Waals surface area contributed by atoms with Gasteiger partial charge in [-0.15, -0.1) is 0 Å². The minimum atomic E-state index is -0.109. The van der Waals surface area contributed by atoms with Gasteiger partial charge in [0.15, 0.2) is 0 Å². The van der Waals surface area contributed by atoms with E-state index >= 15 is 0 Å². The summed E-state index contributed by atoms with van der Waals surface area (Å²) in [6.07, 6.45) is 3.69. The summed E-state index contributed by atoms with van der Waals surface area (Å²) < 4.78 is 14.7. The Bertz CT molecular complexity index is 465. The molecule has 1 aromatic rings. The van der Waals surface area contributed by atoms with Crippen LogP contribution in [0.2, 0.25) is 0 Å². The quantitative estimate of drug-likeness (QED) is 0.904. The average Bonchev–Trinajstić information content (AvgIpc) is 2.78. The molecule has 3 atom stereocenters. The van der Waals surface area contributed by atoms with Gasteiger partial charge in [-0.1, -0.05) is 22.4 Å². The van der Waals surface area contributed by atoms with Crippen LogP contribution in [0.5, 0.6) is 0 Å². The molecular formula is C15H20BrFN2. The molecule has 2 fully saturated rings. The van der Waals surface area contributed by atoms with Crippen LogP contribution in [0, 0.1) is 17.7 Å². The van der Waals surface area contributed by atoms with Crippen LogP contribution in [0.3, 0.4) is 0 Å². The highest BCUT2D eigenvalue weighted by molar-refractivity contribution is 9.10. The first-order valence-electron chi connectivity index (χ1n) is 7.05. The molecule has 1 saturated heterocycles. The summed E-state index contributed by atoms with van der Waals surface area (Å²) in [7, 11) is 0. The van der Waals surface area contributed by atoms with Gasteiger partial charge >= 0.3 is 0 Å². The Kier molecular flexibility index (Phi) is 3.92. The Labute approximate surface area is 122 Å². The standard InChI is InChI=1S/C15H20BrFN2/c16-12-4-5-14(17)11(6-12)8-19-7-10-2-1-3-15(18)13(10)9-19/h4-6,10,13,15H,1-3,7-9,18H2. The monoisotopic (exact) mass is 326 g/mol. The van der Waals surface area contributed by atoms with Crippen molar-refractivity contribution in [3.8, 4) is 0 Å². The molecule has 0 bridgehead atoms. The third-order valence-electron chi connectivity index (χ3n) is 4.63. The van der Waals surface area contributed by atoms with Crippen molar-refractivity contribution in [1.29, 1.82) is 0 Å². The zero-order valence-electron chi connectivity index (χ0n) is 11.0. The summed E-state index contributed by atoms with van der Waals surface area (Å²) in [6, 6.07) is 5.51. The molecule has 104 valence electrons. The Hall–Kier alpha value is -0.450. The van der Waals surface area contributed by atoms with Crippen molar-refractivity contribution in [2.24, 2.45) is 17.6 Å². The predicted octanol–water partition coefficient (Wildman–Crippen LogP) is 3.15. The van der Waals surface area contributed by atoms with Crippen LogP contribution < -0.4 is 5.73 Å². The van der Waals surface area contributed by atoms with Crippen molar-refractivity contribution >= 4 is 15.9 Å². The summed E-state index contributed by atoms with van der Waals surface area (Å²) >= 11 is 3.41. The first kappa shape index (κ1) is 13.5. The summed E-state index contributed by atoms with van der Waals surface area (Å²) in [5.41, 5.74) is 7.00. The highest BCUT2D eigenvalue weighted by atomic mass is 79.9. The van der Waals surface area contributed by atoms with Crippen molar-refractivity contribution in [1.82, 2.24) is 4.90 Å². The first-order valence-corrected chi connectivity index (χ1v) is 7.84. The van der Waals surface area contributed by atoms with E-state index in [9.17, 15) is 4.39 Å². The van der Waals surface area contributed by atoms with Crippen LogP contribution in [-0.2, 0) is 6.54 Å². The van der Waals surface area contributed by atoms with Gasteiger partial charge < -0.3 is 5.73 Å². The number of nitrogens with zero attached hydrogens (tertiary/aromatic N) is 1. The van der Waals surface area contributed by atoms with Crippen LogP contribution in [0.15, 0.2) is 22.7 Å². The van der Waals surface area contributed by atoms with Crippen molar-refractivity contribution < 1.29 is 4.39 Å². The molecule has 2 nitrogen and oxygen atoms in total. The third-order valence-corrected chi connectivity index (χ3v) is 5.12. The fourth-order valence-electron chi connectivity index (χ4n) is 3.64. The van der Waals surface area contributed by atoms with Crippen molar-refractivity contribution in [3.05, 3.63) is 34.1 Å². The number of benzene rings is 1. The Balaban J connectivity index is 1.70. The maximum absolute atomic E-state index is 13.8. The van der Waals surface area contributed by atoms with Gasteiger partial charge in [-0.2, -0.15) is 0 Å². The molecule has 19 heavy (non-hydrogen) atoms. The summed E-state index contributed by atoms with van der Waals surface area (Å²) in [5.74, 6) is 1.23. The minimum Gasteiger partial charge on any atom is -0.327 e. The number of nitrogens with two attached hydrogens (primary N) is 1. The number of halogens is 2. The van der Waals surface area contributed by atoms with Gasteiger partial charge in [-0.3, -0.25) is 4.90 Å². The minimum absolute atomic E-state index is 0.109. The lowest BCUT2D eigenvalue weighted by Gasteiger charge is -2.29. The highest BCUT2D eigenvalue weighted by Gasteiger charge is 2.38. The van der Waals surface area contributed by atoms with E-state index in [4.69, 9.17) is 5.73 Å². The second-order valence-corrected chi connectivity index (χ2v) is 6.86. The van der Waals surface area contributed by atoms with Gasteiger partial charge in [-0.25, -0.2) is 4.39 Å². The van der Waals surface area contributed by atoms with E-state index in [2.05, 4.69) is 20.8 Å². The van der Waals surface area contributed by atoms with E-state index in [1.54, 1.807) is 6.07 Å². The molecule has 1 aliphatic heterocycles. The number of hydrogen-bond donors (Lipinski definition) is 1. The van der Waals surface area contributed by atoms with Crippen LogP contribution in [0.1, 0.15) is 24.8 Å². The molecule has 1 heterocycles. The molecule has 3 rings (SSSR count). The lowest BCUT2D eigenvalue weighted by Crippen LogP contribution is -2.38. The van der Waals surface area contributed by atoms with Gasteiger partial charge in [-0.05, 0) is 42.9 Å². The van der Waals surface area contributed by atoms with Crippen LogP contribution in [-0.4, -0.2) is 24.0 Å². The zero-order valence-corrected chi connectivity index (χ0v) is 12.6. The zero-order chi connectivity index (χ0) is 13.4. The van der Waals surface area contributed by atoms with Crippen molar-refractivity contribution in [2.75, 3.05) is 13.1 Å². The first-order chi connectivity index (χ1) is 9.13. The largest absolute Gasteiger partial charge is 0.327 e. The second kappa shape index (κ2) is 5.51. The SMILES string of the molecule is NC1CCCC2CN(Cc3cc(Br)ccc3F)CC12.